The fourth-order valence-electron chi connectivity index (χ4n) is 2.62. The quantitative estimate of drug-likeness (QED) is 0.783. The van der Waals surface area contributed by atoms with Gasteiger partial charge >= 0.3 is 0 Å². The predicted molar refractivity (Wildman–Crippen MR) is 86.2 cm³/mol. The van der Waals surface area contributed by atoms with Gasteiger partial charge in [-0.15, -0.1) is 0 Å². The largest absolute Gasteiger partial charge is 0.383 e. The maximum atomic E-state index is 6.10. The summed E-state index contributed by atoms with van der Waals surface area (Å²) in [7, 11) is 0. The van der Waals surface area contributed by atoms with Gasteiger partial charge in [-0.3, -0.25) is 0 Å². The minimum atomic E-state index is -0.0476. The number of aromatic nitrogens is 3. The van der Waals surface area contributed by atoms with Gasteiger partial charge in [0.2, 0.25) is 0 Å². The first-order valence-corrected chi connectivity index (χ1v) is 7.11. The van der Waals surface area contributed by atoms with Crippen LogP contribution in [-0.2, 0) is 12.0 Å². The Hall–Kier alpha value is -2.36. The summed E-state index contributed by atoms with van der Waals surface area (Å²) in [6, 6.07) is 10.4. The van der Waals surface area contributed by atoms with Crippen molar-refractivity contribution >= 4 is 16.9 Å². The second kappa shape index (κ2) is 4.88. The Balaban J connectivity index is 2.19. The number of nitrogens with zero attached hydrogens (tertiary/aromatic N) is 3. The molecule has 21 heavy (non-hydrogen) atoms. The number of fused-ring (bicyclic) bond motifs is 1. The molecule has 4 nitrogen and oxygen atoms in total. The summed E-state index contributed by atoms with van der Waals surface area (Å²) >= 11 is 0. The van der Waals surface area contributed by atoms with Gasteiger partial charge < -0.3 is 10.3 Å². The normalized spacial score (nSPS) is 12.0. The van der Waals surface area contributed by atoms with Crippen molar-refractivity contribution in [2.45, 2.75) is 32.7 Å². The highest BCUT2D eigenvalue weighted by Crippen LogP contribution is 2.30. The molecule has 2 heterocycles. The highest BCUT2D eigenvalue weighted by atomic mass is 15.1. The zero-order chi connectivity index (χ0) is 15.0. The van der Waals surface area contributed by atoms with Crippen LogP contribution in [-0.4, -0.2) is 14.5 Å². The molecule has 0 spiro atoms. The van der Waals surface area contributed by atoms with Crippen LogP contribution in [0.5, 0.6) is 0 Å². The van der Waals surface area contributed by atoms with Gasteiger partial charge in [0.15, 0.2) is 0 Å². The van der Waals surface area contributed by atoms with Gasteiger partial charge in [0, 0.05) is 11.7 Å². The second-order valence-corrected chi connectivity index (χ2v) is 6.32. The van der Waals surface area contributed by atoms with Crippen LogP contribution >= 0.6 is 0 Å². The van der Waals surface area contributed by atoms with Crippen molar-refractivity contribution in [3.63, 3.8) is 0 Å². The number of anilines is 1. The number of benzene rings is 1. The molecule has 108 valence electrons. The molecule has 0 atom stereocenters. The average molecular weight is 280 g/mol. The molecule has 3 aromatic rings. The number of nitrogens with two attached hydrogens (primary N) is 1. The molecule has 0 bridgehead atoms. The molecular formula is C17H20N4. The molecule has 0 unspecified atom stereocenters. The van der Waals surface area contributed by atoms with Crippen LogP contribution < -0.4 is 5.73 Å². The third-order valence-corrected chi connectivity index (χ3v) is 3.65. The van der Waals surface area contributed by atoms with Gasteiger partial charge in [-0.05, 0) is 38.3 Å². The number of nitrogen functional groups attached to an aromatic ring is 1. The molecule has 0 saturated carbocycles. The lowest BCUT2D eigenvalue weighted by Crippen LogP contribution is -2.21. The van der Waals surface area contributed by atoms with E-state index in [0.717, 1.165) is 17.5 Å². The van der Waals surface area contributed by atoms with Crippen LogP contribution in [0, 0.1) is 0 Å². The highest BCUT2D eigenvalue weighted by molar-refractivity contribution is 5.90. The van der Waals surface area contributed by atoms with Crippen LogP contribution in [0.3, 0.4) is 0 Å². The monoisotopic (exact) mass is 280 g/mol. The number of rotatable bonds is 2. The van der Waals surface area contributed by atoms with E-state index in [4.69, 9.17) is 5.73 Å². The minimum absolute atomic E-state index is 0.0476. The maximum Gasteiger partial charge on any atom is 0.146 e. The first kappa shape index (κ1) is 13.6. The smallest absolute Gasteiger partial charge is 0.146 e. The lowest BCUT2D eigenvalue weighted by Gasteiger charge is -2.21. The van der Waals surface area contributed by atoms with E-state index in [-0.39, 0.29) is 5.54 Å². The summed E-state index contributed by atoms with van der Waals surface area (Å²) in [5.41, 5.74) is 9.39. The Morgan fingerprint density at radius 1 is 1.10 bits per heavy atom. The van der Waals surface area contributed by atoms with Gasteiger partial charge in [0.05, 0.1) is 5.39 Å². The molecule has 0 saturated heterocycles. The van der Waals surface area contributed by atoms with Gasteiger partial charge in [0.25, 0.3) is 0 Å². The highest BCUT2D eigenvalue weighted by Gasteiger charge is 2.21. The zero-order valence-corrected chi connectivity index (χ0v) is 12.7. The number of hydrogen-bond acceptors (Lipinski definition) is 3. The van der Waals surface area contributed by atoms with E-state index in [9.17, 15) is 0 Å². The van der Waals surface area contributed by atoms with Crippen molar-refractivity contribution in [1.29, 1.82) is 0 Å². The zero-order valence-electron chi connectivity index (χ0n) is 12.7. The summed E-state index contributed by atoms with van der Waals surface area (Å²) < 4.78 is 2.18. The summed E-state index contributed by atoms with van der Waals surface area (Å²) in [6.45, 7) is 6.49. The fraction of sp³-hybridized carbons (Fsp3) is 0.294. The van der Waals surface area contributed by atoms with E-state index in [1.807, 2.05) is 6.07 Å². The minimum Gasteiger partial charge on any atom is -0.383 e. The third-order valence-electron chi connectivity index (χ3n) is 3.65. The van der Waals surface area contributed by atoms with Crippen molar-refractivity contribution in [1.82, 2.24) is 14.5 Å². The summed E-state index contributed by atoms with van der Waals surface area (Å²) in [5.74, 6) is 0.550. The fourth-order valence-corrected chi connectivity index (χ4v) is 2.62. The molecular weight excluding hydrogens is 260 g/mol. The molecule has 2 aromatic heterocycles. The van der Waals surface area contributed by atoms with Crippen LogP contribution in [0.15, 0.2) is 42.9 Å². The summed E-state index contributed by atoms with van der Waals surface area (Å²) in [6.07, 6.45) is 4.52. The first-order chi connectivity index (χ1) is 9.97. The van der Waals surface area contributed by atoms with Crippen molar-refractivity contribution in [2.75, 3.05) is 5.73 Å². The van der Waals surface area contributed by atoms with Crippen LogP contribution in [0.25, 0.3) is 11.0 Å². The second-order valence-electron chi connectivity index (χ2n) is 6.32. The topological polar surface area (TPSA) is 56.7 Å². The van der Waals surface area contributed by atoms with E-state index in [2.05, 4.69) is 65.8 Å². The standard InChI is InChI=1S/C17H20N4/c1-17(2,3)21-10-13(9-12-7-5-4-6-8-12)14-15(18)19-11-20-16(14)21/h4-8,10-11H,9H2,1-3H3,(H2,18,19,20). The number of hydrogen-bond donors (Lipinski definition) is 1. The van der Waals surface area contributed by atoms with E-state index in [0.29, 0.717) is 5.82 Å². The van der Waals surface area contributed by atoms with Crippen LogP contribution in [0.2, 0.25) is 0 Å². The molecule has 0 aliphatic rings. The van der Waals surface area contributed by atoms with Gasteiger partial charge in [-0.2, -0.15) is 0 Å². The van der Waals surface area contributed by atoms with Crippen molar-refractivity contribution in [2.24, 2.45) is 0 Å². The Labute approximate surface area is 124 Å². The SMILES string of the molecule is CC(C)(C)n1cc(Cc2ccccc2)c2c(N)ncnc21. The Bertz CT molecular complexity index is 767. The molecule has 0 radical (unpaired) electrons. The van der Waals surface area contributed by atoms with Gasteiger partial charge in [0.1, 0.15) is 17.8 Å². The Morgan fingerprint density at radius 3 is 2.48 bits per heavy atom. The van der Waals surface area contributed by atoms with E-state index in [1.165, 1.54) is 17.5 Å². The molecule has 1 aromatic carbocycles. The molecule has 0 fully saturated rings. The van der Waals surface area contributed by atoms with Gasteiger partial charge in [-0.1, -0.05) is 30.3 Å². The maximum absolute atomic E-state index is 6.10. The molecule has 0 aliphatic heterocycles. The van der Waals surface area contributed by atoms with Crippen molar-refractivity contribution in [3.8, 4) is 0 Å². The van der Waals surface area contributed by atoms with Crippen molar-refractivity contribution < 1.29 is 0 Å². The van der Waals surface area contributed by atoms with E-state index >= 15 is 0 Å². The van der Waals surface area contributed by atoms with E-state index < -0.39 is 0 Å². The first-order valence-electron chi connectivity index (χ1n) is 7.11. The average Bonchev–Trinajstić information content (AvgIpc) is 2.80. The molecule has 2 N–H and O–H groups in total. The molecule has 4 heteroatoms. The Morgan fingerprint density at radius 2 is 1.81 bits per heavy atom. The molecule has 0 aliphatic carbocycles. The van der Waals surface area contributed by atoms with Crippen LogP contribution in [0.1, 0.15) is 31.9 Å². The van der Waals surface area contributed by atoms with Crippen molar-refractivity contribution in [3.05, 3.63) is 54.0 Å². The van der Waals surface area contributed by atoms with Gasteiger partial charge in [-0.25, -0.2) is 9.97 Å². The lowest BCUT2D eigenvalue weighted by molar-refractivity contribution is 0.408. The summed E-state index contributed by atoms with van der Waals surface area (Å²) in [4.78, 5) is 8.60. The third kappa shape index (κ3) is 2.49. The Kier molecular flexibility index (Phi) is 3.16. The molecule has 0 amide bonds. The van der Waals surface area contributed by atoms with Crippen LogP contribution in [0.4, 0.5) is 5.82 Å². The summed E-state index contributed by atoms with van der Waals surface area (Å²) in [5, 5.41) is 0.969. The molecule has 3 rings (SSSR count). The van der Waals surface area contributed by atoms with E-state index in [1.54, 1.807) is 0 Å². The lowest BCUT2D eigenvalue weighted by atomic mass is 10.1. The predicted octanol–water partition coefficient (Wildman–Crippen LogP) is 3.36.